The average molecular weight is 349 g/mol. The van der Waals surface area contributed by atoms with Crippen LogP contribution in [0.2, 0.25) is 5.02 Å². The third-order valence-corrected chi connectivity index (χ3v) is 3.45. The Bertz CT molecular complexity index is 725. The van der Waals surface area contributed by atoms with Crippen LogP contribution in [0, 0.1) is 0 Å². The van der Waals surface area contributed by atoms with Gasteiger partial charge in [0, 0.05) is 10.6 Å². The van der Waals surface area contributed by atoms with Crippen LogP contribution in [0.1, 0.15) is 27.6 Å². The molecule has 0 saturated heterocycles. The maximum absolute atomic E-state index is 12.1. The number of halogens is 1. The van der Waals surface area contributed by atoms with Crippen LogP contribution in [0.4, 0.5) is 0 Å². The number of rotatable bonds is 7. The Hall–Kier alpha value is -2.53. The van der Waals surface area contributed by atoms with E-state index in [9.17, 15) is 9.59 Å². The molecule has 5 nitrogen and oxygen atoms in total. The van der Waals surface area contributed by atoms with Crippen molar-refractivity contribution in [3.05, 3.63) is 58.6 Å². The van der Waals surface area contributed by atoms with E-state index in [1.165, 1.54) is 13.2 Å². The molecule has 0 bridgehead atoms. The van der Waals surface area contributed by atoms with E-state index < -0.39 is 5.97 Å². The predicted molar refractivity (Wildman–Crippen MR) is 90.2 cm³/mol. The number of benzene rings is 2. The van der Waals surface area contributed by atoms with Crippen LogP contribution in [0.15, 0.2) is 42.5 Å². The molecule has 6 heteroatoms. The van der Waals surface area contributed by atoms with E-state index in [2.05, 4.69) is 0 Å². The highest BCUT2D eigenvalue weighted by Gasteiger charge is 2.14. The topological polar surface area (TPSA) is 61.8 Å². The van der Waals surface area contributed by atoms with Crippen molar-refractivity contribution in [2.45, 2.75) is 6.92 Å². The summed E-state index contributed by atoms with van der Waals surface area (Å²) < 4.78 is 15.6. The number of methoxy groups -OCH3 is 1. The molecule has 0 unspecified atom stereocenters. The molecule has 0 fully saturated rings. The summed E-state index contributed by atoms with van der Waals surface area (Å²) in [6.07, 6.45) is 0. The lowest BCUT2D eigenvalue weighted by molar-refractivity contribution is 0.0474. The minimum absolute atomic E-state index is 0.277. The van der Waals surface area contributed by atoms with Crippen molar-refractivity contribution in [2.75, 3.05) is 20.3 Å². The van der Waals surface area contributed by atoms with Crippen LogP contribution in [0.5, 0.6) is 11.5 Å². The SMILES string of the molecule is CCOc1ccc(C(=O)OCC(=O)c2ccc(Cl)cc2)cc1OC. The lowest BCUT2D eigenvalue weighted by Crippen LogP contribution is -2.14. The molecule has 0 amide bonds. The third-order valence-electron chi connectivity index (χ3n) is 3.20. The van der Waals surface area contributed by atoms with Crippen LogP contribution in [-0.4, -0.2) is 32.1 Å². The van der Waals surface area contributed by atoms with Crippen molar-refractivity contribution in [3.8, 4) is 11.5 Å². The van der Waals surface area contributed by atoms with Crippen molar-refractivity contribution < 1.29 is 23.8 Å². The fourth-order valence-electron chi connectivity index (χ4n) is 2.00. The molecule has 0 N–H and O–H groups in total. The van der Waals surface area contributed by atoms with E-state index in [4.69, 9.17) is 25.8 Å². The molecule has 24 heavy (non-hydrogen) atoms. The van der Waals surface area contributed by atoms with E-state index in [1.54, 1.807) is 36.4 Å². The molecule has 0 spiro atoms. The van der Waals surface area contributed by atoms with E-state index in [-0.39, 0.29) is 18.0 Å². The maximum atomic E-state index is 12.1. The molecule has 0 aromatic heterocycles. The van der Waals surface area contributed by atoms with Gasteiger partial charge >= 0.3 is 5.97 Å². The number of carbonyl (C=O) groups excluding carboxylic acids is 2. The van der Waals surface area contributed by atoms with Crippen LogP contribution < -0.4 is 9.47 Å². The van der Waals surface area contributed by atoms with Gasteiger partial charge in [0.25, 0.3) is 0 Å². The van der Waals surface area contributed by atoms with E-state index in [0.717, 1.165) is 0 Å². The van der Waals surface area contributed by atoms with Crippen LogP contribution in [0.3, 0.4) is 0 Å². The largest absolute Gasteiger partial charge is 0.493 e. The minimum Gasteiger partial charge on any atom is -0.493 e. The smallest absolute Gasteiger partial charge is 0.338 e. The summed E-state index contributed by atoms with van der Waals surface area (Å²) in [5, 5.41) is 0.532. The summed E-state index contributed by atoms with van der Waals surface area (Å²) in [5.74, 6) is 0.0423. The lowest BCUT2D eigenvalue weighted by atomic mass is 10.1. The lowest BCUT2D eigenvalue weighted by Gasteiger charge is -2.10. The van der Waals surface area contributed by atoms with Crippen molar-refractivity contribution in [1.29, 1.82) is 0 Å². The van der Waals surface area contributed by atoms with Gasteiger partial charge in [0.2, 0.25) is 0 Å². The molecule has 0 aliphatic carbocycles. The molecule has 2 aromatic carbocycles. The number of hydrogen-bond acceptors (Lipinski definition) is 5. The average Bonchev–Trinajstić information content (AvgIpc) is 2.60. The molecular formula is C18H17ClO5. The zero-order valence-corrected chi connectivity index (χ0v) is 14.1. The number of carbonyl (C=O) groups is 2. The highest BCUT2D eigenvalue weighted by atomic mass is 35.5. The standard InChI is InChI=1S/C18H17ClO5/c1-3-23-16-9-6-13(10-17(16)22-2)18(21)24-11-15(20)12-4-7-14(19)8-5-12/h4-10H,3,11H2,1-2H3. The Balaban J connectivity index is 2.01. The molecule has 2 rings (SSSR count). The molecule has 0 saturated carbocycles. The van der Waals surface area contributed by atoms with Crippen molar-refractivity contribution in [1.82, 2.24) is 0 Å². The Morgan fingerprint density at radius 1 is 1.00 bits per heavy atom. The summed E-state index contributed by atoms with van der Waals surface area (Å²) >= 11 is 5.77. The number of Topliss-reactive ketones (excluding diaryl/α,β-unsaturated/α-hetero) is 1. The van der Waals surface area contributed by atoms with Gasteiger partial charge in [0.05, 0.1) is 19.3 Å². The monoisotopic (exact) mass is 348 g/mol. The first-order valence-corrected chi connectivity index (χ1v) is 7.69. The van der Waals surface area contributed by atoms with Crippen molar-refractivity contribution in [3.63, 3.8) is 0 Å². The van der Waals surface area contributed by atoms with Crippen molar-refractivity contribution in [2.24, 2.45) is 0 Å². The molecule has 0 aliphatic rings. The van der Waals surface area contributed by atoms with Gasteiger partial charge in [0.1, 0.15) is 0 Å². The molecule has 126 valence electrons. The number of ketones is 1. The normalized spacial score (nSPS) is 10.1. The summed E-state index contributed by atoms with van der Waals surface area (Å²) in [6.45, 7) is 1.98. The first-order valence-electron chi connectivity index (χ1n) is 7.32. The van der Waals surface area contributed by atoms with Gasteiger partial charge in [-0.15, -0.1) is 0 Å². The predicted octanol–water partition coefficient (Wildman–Crippen LogP) is 3.79. The summed E-state index contributed by atoms with van der Waals surface area (Å²) in [7, 11) is 1.48. The first kappa shape index (κ1) is 17.8. The fraction of sp³-hybridized carbons (Fsp3) is 0.222. The zero-order valence-electron chi connectivity index (χ0n) is 13.4. The highest BCUT2D eigenvalue weighted by molar-refractivity contribution is 6.30. The Morgan fingerprint density at radius 3 is 2.29 bits per heavy atom. The molecule has 0 radical (unpaired) electrons. The molecule has 2 aromatic rings. The number of ether oxygens (including phenoxy) is 3. The van der Waals surface area contributed by atoms with Gasteiger partial charge in [-0.25, -0.2) is 4.79 Å². The summed E-state index contributed by atoms with van der Waals surface area (Å²) in [4.78, 5) is 24.1. The maximum Gasteiger partial charge on any atom is 0.338 e. The van der Waals surface area contributed by atoms with Gasteiger partial charge < -0.3 is 14.2 Å². The molecular weight excluding hydrogens is 332 g/mol. The van der Waals surface area contributed by atoms with Gasteiger partial charge in [0.15, 0.2) is 23.9 Å². The fourth-order valence-corrected chi connectivity index (χ4v) is 2.13. The third kappa shape index (κ3) is 4.49. The minimum atomic E-state index is -0.612. The highest BCUT2D eigenvalue weighted by Crippen LogP contribution is 2.28. The Labute approximate surface area is 145 Å². The zero-order chi connectivity index (χ0) is 17.5. The summed E-state index contributed by atoms with van der Waals surface area (Å²) in [5.41, 5.74) is 0.704. The molecule has 0 atom stereocenters. The van der Waals surface area contributed by atoms with Gasteiger partial charge in [-0.3, -0.25) is 4.79 Å². The van der Waals surface area contributed by atoms with E-state index >= 15 is 0 Å². The second kappa shape index (κ2) is 8.36. The number of hydrogen-bond donors (Lipinski definition) is 0. The van der Waals surface area contributed by atoms with Crippen LogP contribution in [0.25, 0.3) is 0 Å². The van der Waals surface area contributed by atoms with Crippen molar-refractivity contribution >= 4 is 23.4 Å². The van der Waals surface area contributed by atoms with Gasteiger partial charge in [-0.2, -0.15) is 0 Å². The Kier molecular flexibility index (Phi) is 6.21. The van der Waals surface area contributed by atoms with Crippen LogP contribution >= 0.6 is 11.6 Å². The second-order valence-corrected chi connectivity index (χ2v) is 5.24. The second-order valence-electron chi connectivity index (χ2n) is 4.80. The molecule has 0 aliphatic heterocycles. The quantitative estimate of drug-likeness (QED) is 0.562. The first-order chi connectivity index (χ1) is 11.5. The van der Waals surface area contributed by atoms with Gasteiger partial charge in [-0.05, 0) is 49.4 Å². The van der Waals surface area contributed by atoms with Gasteiger partial charge in [-0.1, -0.05) is 11.6 Å². The Morgan fingerprint density at radius 2 is 1.67 bits per heavy atom. The van der Waals surface area contributed by atoms with E-state index in [1.807, 2.05) is 6.92 Å². The number of esters is 1. The summed E-state index contributed by atoms with van der Waals surface area (Å²) in [6, 6.07) is 11.1. The van der Waals surface area contributed by atoms with E-state index in [0.29, 0.717) is 28.7 Å². The molecule has 0 heterocycles. The van der Waals surface area contributed by atoms with Crippen LogP contribution in [-0.2, 0) is 4.74 Å².